The lowest BCUT2D eigenvalue weighted by atomic mass is 9.78. The van der Waals surface area contributed by atoms with Crippen LogP contribution in [0, 0.1) is 11.8 Å². The van der Waals surface area contributed by atoms with Crippen molar-refractivity contribution in [2.24, 2.45) is 11.8 Å². The van der Waals surface area contributed by atoms with Crippen molar-refractivity contribution < 1.29 is 9.53 Å². The first-order valence-corrected chi connectivity index (χ1v) is 5.43. The third-order valence-corrected chi connectivity index (χ3v) is 3.00. The number of hydrogen-bond donors (Lipinski definition) is 0. The Kier molecular flexibility index (Phi) is 4.18. The van der Waals surface area contributed by atoms with E-state index < -0.39 is 0 Å². The third kappa shape index (κ3) is 3.17. The van der Waals surface area contributed by atoms with Crippen LogP contribution in [0.25, 0.3) is 0 Å². The standard InChI is InChI=1S/C12H20O2/c1-4-10-5-9(2)6-11(7-10)8-12(13)14-3/h8-10H,4-7H2,1-3H3. The smallest absolute Gasteiger partial charge is 0.330 e. The van der Waals surface area contributed by atoms with Crippen LogP contribution in [-0.2, 0) is 9.53 Å². The summed E-state index contributed by atoms with van der Waals surface area (Å²) in [6.45, 7) is 4.48. The van der Waals surface area contributed by atoms with Gasteiger partial charge in [-0.2, -0.15) is 0 Å². The van der Waals surface area contributed by atoms with Crippen LogP contribution in [0.4, 0.5) is 0 Å². The molecule has 1 saturated carbocycles. The lowest BCUT2D eigenvalue weighted by Crippen LogP contribution is -2.15. The molecule has 14 heavy (non-hydrogen) atoms. The van der Waals surface area contributed by atoms with Crippen LogP contribution in [0.1, 0.15) is 39.5 Å². The third-order valence-electron chi connectivity index (χ3n) is 3.00. The van der Waals surface area contributed by atoms with Gasteiger partial charge < -0.3 is 4.74 Å². The van der Waals surface area contributed by atoms with Gasteiger partial charge in [-0.15, -0.1) is 0 Å². The van der Waals surface area contributed by atoms with Crippen molar-refractivity contribution in [1.29, 1.82) is 0 Å². The highest BCUT2D eigenvalue weighted by Gasteiger charge is 2.21. The molecular formula is C12H20O2. The zero-order valence-electron chi connectivity index (χ0n) is 9.38. The van der Waals surface area contributed by atoms with Crippen molar-refractivity contribution in [2.45, 2.75) is 39.5 Å². The summed E-state index contributed by atoms with van der Waals surface area (Å²) in [5.41, 5.74) is 1.27. The van der Waals surface area contributed by atoms with E-state index in [4.69, 9.17) is 0 Å². The summed E-state index contributed by atoms with van der Waals surface area (Å²) in [5, 5.41) is 0. The summed E-state index contributed by atoms with van der Waals surface area (Å²) in [6, 6.07) is 0. The fourth-order valence-electron chi connectivity index (χ4n) is 2.29. The van der Waals surface area contributed by atoms with E-state index in [0.717, 1.165) is 18.8 Å². The molecule has 0 aromatic carbocycles. The molecule has 0 amide bonds. The van der Waals surface area contributed by atoms with Gasteiger partial charge in [-0.25, -0.2) is 4.79 Å². The summed E-state index contributed by atoms with van der Waals surface area (Å²) in [6.07, 6.45) is 6.33. The predicted octanol–water partition coefficient (Wildman–Crippen LogP) is 2.93. The van der Waals surface area contributed by atoms with E-state index >= 15 is 0 Å². The van der Waals surface area contributed by atoms with Crippen LogP contribution in [0.15, 0.2) is 11.6 Å². The van der Waals surface area contributed by atoms with Gasteiger partial charge in [-0.05, 0) is 31.1 Å². The molecule has 1 rings (SSSR count). The van der Waals surface area contributed by atoms with Gasteiger partial charge >= 0.3 is 5.97 Å². The highest BCUT2D eigenvalue weighted by atomic mass is 16.5. The Bertz CT molecular complexity index is 230. The van der Waals surface area contributed by atoms with E-state index in [-0.39, 0.29) is 5.97 Å². The molecule has 0 saturated heterocycles. The number of rotatable bonds is 2. The summed E-state index contributed by atoms with van der Waals surface area (Å²) < 4.78 is 4.64. The Morgan fingerprint density at radius 1 is 1.57 bits per heavy atom. The Hall–Kier alpha value is -0.790. The quantitative estimate of drug-likeness (QED) is 0.501. The SMILES string of the molecule is CCC1CC(=CC(=O)OC)CC(C)C1. The van der Waals surface area contributed by atoms with Crippen LogP contribution in [0.3, 0.4) is 0 Å². The molecule has 1 fully saturated rings. The molecule has 80 valence electrons. The van der Waals surface area contributed by atoms with E-state index in [1.807, 2.05) is 0 Å². The van der Waals surface area contributed by atoms with Crippen molar-refractivity contribution in [3.05, 3.63) is 11.6 Å². The van der Waals surface area contributed by atoms with E-state index in [1.54, 1.807) is 6.08 Å². The summed E-state index contributed by atoms with van der Waals surface area (Å²) in [5.74, 6) is 1.27. The summed E-state index contributed by atoms with van der Waals surface area (Å²) in [7, 11) is 1.43. The first-order valence-electron chi connectivity index (χ1n) is 5.43. The molecule has 0 radical (unpaired) electrons. The van der Waals surface area contributed by atoms with Crippen molar-refractivity contribution in [3.63, 3.8) is 0 Å². The van der Waals surface area contributed by atoms with Gasteiger partial charge in [0.25, 0.3) is 0 Å². The van der Waals surface area contributed by atoms with Gasteiger partial charge in [0, 0.05) is 6.08 Å². The average molecular weight is 196 g/mol. The van der Waals surface area contributed by atoms with Crippen molar-refractivity contribution >= 4 is 5.97 Å². The molecule has 0 aliphatic heterocycles. The van der Waals surface area contributed by atoms with Crippen LogP contribution < -0.4 is 0 Å². The minimum Gasteiger partial charge on any atom is -0.466 e. The monoisotopic (exact) mass is 196 g/mol. The van der Waals surface area contributed by atoms with E-state index in [9.17, 15) is 4.79 Å². The summed E-state index contributed by atoms with van der Waals surface area (Å²) in [4.78, 5) is 11.1. The Morgan fingerprint density at radius 3 is 2.86 bits per heavy atom. The molecule has 0 N–H and O–H groups in total. The van der Waals surface area contributed by atoms with Crippen LogP contribution in [0.5, 0.6) is 0 Å². The molecular weight excluding hydrogens is 176 g/mol. The lowest BCUT2D eigenvalue weighted by molar-refractivity contribution is -0.134. The van der Waals surface area contributed by atoms with Crippen molar-refractivity contribution in [3.8, 4) is 0 Å². The minimum atomic E-state index is -0.205. The largest absolute Gasteiger partial charge is 0.466 e. The number of methoxy groups -OCH3 is 1. The number of esters is 1. The number of hydrogen-bond acceptors (Lipinski definition) is 2. The second-order valence-corrected chi connectivity index (χ2v) is 4.35. The van der Waals surface area contributed by atoms with Gasteiger partial charge in [-0.3, -0.25) is 0 Å². The van der Waals surface area contributed by atoms with Crippen molar-refractivity contribution in [2.75, 3.05) is 7.11 Å². The van der Waals surface area contributed by atoms with Gasteiger partial charge in [0.2, 0.25) is 0 Å². The molecule has 2 heteroatoms. The average Bonchev–Trinajstić information content (AvgIpc) is 2.16. The molecule has 0 aromatic heterocycles. The van der Waals surface area contributed by atoms with E-state index in [2.05, 4.69) is 18.6 Å². The first kappa shape index (κ1) is 11.3. The van der Waals surface area contributed by atoms with Crippen LogP contribution >= 0.6 is 0 Å². The van der Waals surface area contributed by atoms with Crippen LogP contribution in [-0.4, -0.2) is 13.1 Å². The van der Waals surface area contributed by atoms with Gasteiger partial charge in [-0.1, -0.05) is 25.8 Å². The predicted molar refractivity (Wildman–Crippen MR) is 56.9 cm³/mol. The van der Waals surface area contributed by atoms with Gasteiger partial charge in [0.05, 0.1) is 7.11 Å². The molecule has 2 atom stereocenters. The normalized spacial score (nSPS) is 30.4. The lowest BCUT2D eigenvalue weighted by Gasteiger charge is -2.28. The maximum absolute atomic E-state index is 11.1. The highest BCUT2D eigenvalue weighted by molar-refractivity contribution is 5.82. The van der Waals surface area contributed by atoms with Crippen LogP contribution in [0.2, 0.25) is 0 Å². The number of ether oxygens (including phenoxy) is 1. The molecule has 0 spiro atoms. The molecule has 0 bridgehead atoms. The number of carbonyl (C=O) groups is 1. The van der Waals surface area contributed by atoms with Gasteiger partial charge in [0.15, 0.2) is 0 Å². The molecule has 0 heterocycles. The Balaban J connectivity index is 2.61. The fourth-order valence-corrected chi connectivity index (χ4v) is 2.29. The van der Waals surface area contributed by atoms with E-state index in [0.29, 0.717) is 5.92 Å². The molecule has 1 aliphatic carbocycles. The molecule has 1 aliphatic rings. The zero-order valence-corrected chi connectivity index (χ0v) is 9.38. The van der Waals surface area contributed by atoms with Gasteiger partial charge in [0.1, 0.15) is 0 Å². The number of carbonyl (C=O) groups excluding carboxylic acids is 1. The topological polar surface area (TPSA) is 26.3 Å². The Labute approximate surface area is 86.3 Å². The second-order valence-electron chi connectivity index (χ2n) is 4.35. The zero-order chi connectivity index (χ0) is 10.6. The fraction of sp³-hybridized carbons (Fsp3) is 0.750. The molecule has 2 unspecified atom stereocenters. The maximum atomic E-state index is 11.1. The van der Waals surface area contributed by atoms with Crippen molar-refractivity contribution in [1.82, 2.24) is 0 Å². The maximum Gasteiger partial charge on any atom is 0.330 e. The Morgan fingerprint density at radius 2 is 2.29 bits per heavy atom. The second kappa shape index (κ2) is 5.18. The number of allylic oxidation sites excluding steroid dienone is 1. The highest BCUT2D eigenvalue weighted by Crippen LogP contribution is 2.34. The molecule has 2 nitrogen and oxygen atoms in total. The first-order chi connectivity index (χ1) is 6.65. The summed E-state index contributed by atoms with van der Waals surface area (Å²) >= 11 is 0. The molecule has 0 aromatic rings. The van der Waals surface area contributed by atoms with E-state index in [1.165, 1.54) is 25.5 Å². The minimum absolute atomic E-state index is 0.205.